The number of hydrogen-bond donors (Lipinski definition) is 3. The van der Waals surface area contributed by atoms with Crippen LogP contribution in [-0.4, -0.2) is 40.2 Å². The highest BCUT2D eigenvalue weighted by atomic mass is 32.2. The van der Waals surface area contributed by atoms with Gasteiger partial charge < -0.3 is 15.7 Å². The Kier molecular flexibility index (Phi) is 5.41. The van der Waals surface area contributed by atoms with E-state index in [9.17, 15) is 14.7 Å². The zero-order chi connectivity index (χ0) is 15.3. The molecule has 0 heterocycles. The molecule has 2 rings (SSSR count). The molecule has 2 saturated carbocycles. The van der Waals surface area contributed by atoms with Gasteiger partial charge in [-0.3, -0.25) is 0 Å². The summed E-state index contributed by atoms with van der Waals surface area (Å²) in [7, 11) is 0. The van der Waals surface area contributed by atoms with Crippen LogP contribution in [0.4, 0.5) is 4.79 Å². The zero-order valence-corrected chi connectivity index (χ0v) is 13.6. The van der Waals surface area contributed by atoms with Crippen LogP contribution in [0.3, 0.4) is 0 Å². The maximum Gasteiger partial charge on any atom is 0.329 e. The normalized spacial score (nSPS) is 23.5. The molecule has 0 unspecified atom stereocenters. The van der Waals surface area contributed by atoms with Gasteiger partial charge in [-0.25, -0.2) is 9.59 Å². The van der Waals surface area contributed by atoms with Crippen LogP contribution in [0.2, 0.25) is 0 Å². The fourth-order valence-electron chi connectivity index (χ4n) is 3.25. The van der Waals surface area contributed by atoms with E-state index in [2.05, 4.69) is 16.9 Å². The third kappa shape index (κ3) is 3.84. The largest absolute Gasteiger partial charge is 0.480 e. The first kappa shape index (κ1) is 16.5. The Morgan fingerprint density at radius 1 is 1.05 bits per heavy atom. The summed E-state index contributed by atoms with van der Waals surface area (Å²) in [5, 5.41) is 15.2. The predicted octanol–water partition coefficient (Wildman–Crippen LogP) is 2.75. The zero-order valence-electron chi connectivity index (χ0n) is 12.7. The van der Waals surface area contributed by atoms with Crippen molar-refractivity contribution in [3.63, 3.8) is 0 Å². The first-order valence-corrected chi connectivity index (χ1v) is 9.09. The molecule has 0 bridgehead atoms. The highest BCUT2D eigenvalue weighted by molar-refractivity contribution is 8.00. The summed E-state index contributed by atoms with van der Waals surface area (Å²) in [6.45, 7) is 0.621. The van der Waals surface area contributed by atoms with Crippen LogP contribution < -0.4 is 10.6 Å². The highest BCUT2D eigenvalue weighted by Crippen LogP contribution is 2.42. The third-order valence-corrected chi connectivity index (χ3v) is 6.41. The Labute approximate surface area is 130 Å². The van der Waals surface area contributed by atoms with Crippen LogP contribution in [0.15, 0.2) is 0 Å². The molecule has 0 spiro atoms. The second kappa shape index (κ2) is 6.90. The lowest BCUT2D eigenvalue weighted by atomic mass is 9.84. The molecule has 0 atom stereocenters. The van der Waals surface area contributed by atoms with Crippen molar-refractivity contribution < 1.29 is 14.7 Å². The highest BCUT2D eigenvalue weighted by Gasteiger charge is 2.41. The van der Waals surface area contributed by atoms with Crippen LogP contribution >= 0.6 is 11.8 Å². The second-order valence-electron chi connectivity index (χ2n) is 6.35. The molecule has 2 aliphatic carbocycles. The van der Waals surface area contributed by atoms with E-state index in [1.807, 2.05) is 0 Å². The Morgan fingerprint density at radius 3 is 2.10 bits per heavy atom. The number of carboxylic acid groups (broad SMARTS) is 1. The number of carbonyl (C=O) groups is 2. The summed E-state index contributed by atoms with van der Waals surface area (Å²) < 4.78 is 0.164. The predicted molar refractivity (Wildman–Crippen MR) is 84.7 cm³/mol. The van der Waals surface area contributed by atoms with Gasteiger partial charge in [0.2, 0.25) is 0 Å². The van der Waals surface area contributed by atoms with Crippen molar-refractivity contribution in [3.05, 3.63) is 0 Å². The van der Waals surface area contributed by atoms with E-state index >= 15 is 0 Å². The van der Waals surface area contributed by atoms with E-state index in [1.54, 1.807) is 11.8 Å². The molecule has 2 amide bonds. The SMILES string of the molecule is CSC1(CNC(=O)NC2(C(=O)O)CCCCCC2)CCC1. The summed E-state index contributed by atoms with van der Waals surface area (Å²) in [6.07, 6.45) is 10.4. The van der Waals surface area contributed by atoms with Gasteiger partial charge in [0.1, 0.15) is 5.54 Å². The Balaban J connectivity index is 1.90. The molecular weight excluding hydrogens is 288 g/mol. The first-order chi connectivity index (χ1) is 10.0. The number of hydrogen-bond acceptors (Lipinski definition) is 3. The number of aliphatic carboxylic acids is 1. The topological polar surface area (TPSA) is 78.4 Å². The molecule has 3 N–H and O–H groups in total. The molecule has 21 heavy (non-hydrogen) atoms. The average Bonchev–Trinajstić information content (AvgIpc) is 2.64. The van der Waals surface area contributed by atoms with Gasteiger partial charge in [0, 0.05) is 11.3 Å². The molecular formula is C15H26N2O3S. The number of amides is 2. The Bertz CT molecular complexity index is 383. The first-order valence-electron chi connectivity index (χ1n) is 7.87. The number of carbonyl (C=O) groups excluding carboxylic acids is 1. The van der Waals surface area contributed by atoms with E-state index in [0.29, 0.717) is 19.4 Å². The maximum atomic E-state index is 12.1. The number of nitrogens with one attached hydrogen (secondary N) is 2. The van der Waals surface area contributed by atoms with Crippen LogP contribution in [0.25, 0.3) is 0 Å². The summed E-state index contributed by atoms with van der Waals surface area (Å²) in [6, 6.07) is -0.334. The summed E-state index contributed by atoms with van der Waals surface area (Å²) in [5.41, 5.74) is -1.08. The van der Waals surface area contributed by atoms with Crippen LogP contribution in [0.5, 0.6) is 0 Å². The number of carboxylic acids is 1. The van der Waals surface area contributed by atoms with Gasteiger partial charge in [-0.1, -0.05) is 32.1 Å². The smallest absolute Gasteiger partial charge is 0.329 e. The second-order valence-corrected chi connectivity index (χ2v) is 7.62. The minimum Gasteiger partial charge on any atom is -0.480 e. The van der Waals surface area contributed by atoms with Gasteiger partial charge in [-0.2, -0.15) is 11.8 Å². The van der Waals surface area contributed by atoms with E-state index < -0.39 is 11.5 Å². The summed E-state index contributed by atoms with van der Waals surface area (Å²) in [4.78, 5) is 23.8. The molecule has 0 aromatic heterocycles. The van der Waals surface area contributed by atoms with Gasteiger partial charge in [0.15, 0.2) is 0 Å². The standard InChI is InChI=1S/C15H26N2O3S/c1-21-14(7-6-8-14)11-16-13(20)17-15(12(18)19)9-4-2-3-5-10-15/h2-11H2,1H3,(H,18,19)(H2,16,17,20). The number of urea groups is 1. The van der Waals surface area contributed by atoms with Crippen molar-refractivity contribution in [1.29, 1.82) is 0 Å². The molecule has 2 fully saturated rings. The lowest BCUT2D eigenvalue weighted by Crippen LogP contribution is -2.58. The van der Waals surface area contributed by atoms with Crippen molar-refractivity contribution in [2.75, 3.05) is 12.8 Å². The molecule has 0 aromatic rings. The Hall–Kier alpha value is -0.910. The van der Waals surface area contributed by atoms with Crippen molar-refractivity contribution in [2.45, 2.75) is 68.1 Å². The molecule has 5 nitrogen and oxygen atoms in total. The third-order valence-electron chi connectivity index (χ3n) is 4.99. The van der Waals surface area contributed by atoms with Gasteiger partial charge in [-0.15, -0.1) is 0 Å². The fraction of sp³-hybridized carbons (Fsp3) is 0.867. The minimum atomic E-state index is -1.08. The molecule has 0 aromatic carbocycles. The van der Waals surface area contributed by atoms with Gasteiger partial charge in [-0.05, 0) is 31.9 Å². The van der Waals surface area contributed by atoms with E-state index in [0.717, 1.165) is 38.5 Å². The molecule has 6 heteroatoms. The molecule has 0 saturated heterocycles. The van der Waals surface area contributed by atoms with Gasteiger partial charge >= 0.3 is 12.0 Å². The monoisotopic (exact) mass is 314 g/mol. The lowest BCUT2D eigenvalue weighted by Gasteiger charge is -2.40. The van der Waals surface area contributed by atoms with Crippen molar-refractivity contribution in [3.8, 4) is 0 Å². The number of rotatable bonds is 5. The van der Waals surface area contributed by atoms with Gasteiger partial charge in [0.25, 0.3) is 0 Å². The Morgan fingerprint density at radius 2 is 1.67 bits per heavy atom. The van der Waals surface area contributed by atoms with Gasteiger partial charge in [0.05, 0.1) is 0 Å². The number of thioether (sulfide) groups is 1. The minimum absolute atomic E-state index is 0.164. The van der Waals surface area contributed by atoms with Crippen LogP contribution in [-0.2, 0) is 4.79 Å². The van der Waals surface area contributed by atoms with E-state index in [4.69, 9.17) is 0 Å². The molecule has 0 aliphatic heterocycles. The van der Waals surface area contributed by atoms with Crippen molar-refractivity contribution in [2.24, 2.45) is 0 Å². The maximum absolute atomic E-state index is 12.1. The van der Waals surface area contributed by atoms with E-state index in [1.165, 1.54) is 6.42 Å². The fourth-order valence-corrected chi connectivity index (χ4v) is 4.16. The summed E-state index contributed by atoms with van der Waals surface area (Å²) >= 11 is 1.80. The van der Waals surface area contributed by atoms with Crippen LogP contribution in [0, 0.1) is 0 Å². The van der Waals surface area contributed by atoms with Crippen molar-refractivity contribution in [1.82, 2.24) is 10.6 Å². The molecule has 2 aliphatic rings. The average molecular weight is 314 g/mol. The quantitative estimate of drug-likeness (QED) is 0.682. The molecule has 0 radical (unpaired) electrons. The lowest BCUT2D eigenvalue weighted by molar-refractivity contribution is -0.145. The van der Waals surface area contributed by atoms with E-state index in [-0.39, 0.29) is 10.8 Å². The van der Waals surface area contributed by atoms with Crippen molar-refractivity contribution >= 4 is 23.8 Å². The van der Waals surface area contributed by atoms with Crippen LogP contribution in [0.1, 0.15) is 57.8 Å². The molecule has 120 valence electrons. The summed E-state index contributed by atoms with van der Waals surface area (Å²) in [5.74, 6) is -0.900.